The number of carbonyl (C=O) groups excluding carboxylic acids is 1. The van der Waals surface area contributed by atoms with Crippen molar-refractivity contribution in [2.75, 3.05) is 7.11 Å². The van der Waals surface area contributed by atoms with E-state index in [-0.39, 0.29) is 6.03 Å². The van der Waals surface area contributed by atoms with E-state index in [0.717, 1.165) is 28.3 Å². The number of nitrogens with zero attached hydrogens (tertiary/aromatic N) is 1. The lowest BCUT2D eigenvalue weighted by Gasteiger charge is -2.10. The molecular weight excluding hydrogens is 270 g/mol. The number of aromatic nitrogens is 1. The summed E-state index contributed by atoms with van der Waals surface area (Å²) < 4.78 is 10.3. The van der Waals surface area contributed by atoms with E-state index in [2.05, 4.69) is 15.8 Å². The van der Waals surface area contributed by atoms with Crippen molar-refractivity contribution < 1.29 is 14.1 Å². The third-order valence-corrected chi connectivity index (χ3v) is 3.24. The van der Waals surface area contributed by atoms with Crippen LogP contribution < -0.4 is 15.4 Å². The quantitative estimate of drug-likeness (QED) is 0.885. The largest absolute Gasteiger partial charge is 0.496 e. The molecule has 0 aliphatic rings. The highest BCUT2D eigenvalue weighted by atomic mass is 16.5. The predicted molar refractivity (Wildman–Crippen MR) is 78.0 cm³/mol. The van der Waals surface area contributed by atoms with Gasteiger partial charge in [-0.05, 0) is 19.9 Å². The minimum atomic E-state index is -0.249. The first kappa shape index (κ1) is 14.9. The van der Waals surface area contributed by atoms with Crippen LogP contribution in [-0.4, -0.2) is 18.3 Å². The molecular formula is C15H19N3O3. The fourth-order valence-electron chi connectivity index (χ4n) is 2.01. The Morgan fingerprint density at radius 1 is 1.24 bits per heavy atom. The maximum absolute atomic E-state index is 11.8. The Morgan fingerprint density at radius 2 is 1.95 bits per heavy atom. The van der Waals surface area contributed by atoms with Crippen LogP contribution in [0, 0.1) is 13.8 Å². The van der Waals surface area contributed by atoms with Gasteiger partial charge < -0.3 is 19.9 Å². The number of hydrogen-bond donors (Lipinski definition) is 2. The molecule has 6 nitrogen and oxygen atoms in total. The summed E-state index contributed by atoms with van der Waals surface area (Å²) in [6.45, 7) is 4.46. The molecule has 0 aliphatic heterocycles. The van der Waals surface area contributed by atoms with Gasteiger partial charge in [-0.1, -0.05) is 23.4 Å². The molecule has 2 rings (SSSR count). The van der Waals surface area contributed by atoms with E-state index in [1.54, 1.807) is 7.11 Å². The number of methoxy groups -OCH3 is 1. The van der Waals surface area contributed by atoms with Crippen molar-refractivity contribution >= 4 is 6.03 Å². The van der Waals surface area contributed by atoms with Gasteiger partial charge in [0.1, 0.15) is 11.5 Å². The summed E-state index contributed by atoms with van der Waals surface area (Å²) in [6.07, 6.45) is 0. The van der Waals surface area contributed by atoms with E-state index in [4.69, 9.17) is 9.26 Å². The predicted octanol–water partition coefficient (Wildman–Crippen LogP) is 2.30. The molecule has 2 amide bonds. The fourth-order valence-corrected chi connectivity index (χ4v) is 2.01. The van der Waals surface area contributed by atoms with Crippen molar-refractivity contribution in [3.63, 3.8) is 0 Å². The van der Waals surface area contributed by atoms with Crippen molar-refractivity contribution in [1.82, 2.24) is 15.8 Å². The maximum Gasteiger partial charge on any atom is 0.315 e. The van der Waals surface area contributed by atoms with Gasteiger partial charge >= 0.3 is 6.03 Å². The molecule has 0 spiro atoms. The molecule has 1 aromatic heterocycles. The van der Waals surface area contributed by atoms with E-state index >= 15 is 0 Å². The number of aryl methyl sites for hydroxylation is 2. The van der Waals surface area contributed by atoms with Gasteiger partial charge in [0.2, 0.25) is 0 Å². The van der Waals surface area contributed by atoms with E-state index in [9.17, 15) is 4.79 Å². The Kier molecular flexibility index (Phi) is 4.81. The average Bonchev–Trinajstić information content (AvgIpc) is 2.82. The van der Waals surface area contributed by atoms with Crippen LogP contribution in [-0.2, 0) is 13.1 Å². The summed E-state index contributed by atoms with van der Waals surface area (Å²) in [5.74, 6) is 1.47. The van der Waals surface area contributed by atoms with E-state index in [1.807, 2.05) is 38.1 Å². The Morgan fingerprint density at radius 3 is 2.62 bits per heavy atom. The number of nitrogens with one attached hydrogen (secondary N) is 2. The van der Waals surface area contributed by atoms with Crippen LogP contribution in [0.2, 0.25) is 0 Å². The molecule has 2 N–H and O–H groups in total. The highest BCUT2D eigenvalue weighted by Gasteiger charge is 2.10. The number of hydrogen-bond acceptors (Lipinski definition) is 4. The summed E-state index contributed by atoms with van der Waals surface area (Å²) in [5, 5.41) is 9.42. The van der Waals surface area contributed by atoms with Crippen LogP contribution >= 0.6 is 0 Å². The van der Waals surface area contributed by atoms with E-state index in [0.29, 0.717) is 13.1 Å². The summed E-state index contributed by atoms with van der Waals surface area (Å²) in [7, 11) is 1.61. The lowest BCUT2D eigenvalue weighted by atomic mass is 10.2. The minimum Gasteiger partial charge on any atom is -0.496 e. The zero-order chi connectivity index (χ0) is 15.2. The number of urea groups is 1. The number of rotatable bonds is 5. The van der Waals surface area contributed by atoms with Gasteiger partial charge in [-0.2, -0.15) is 0 Å². The molecule has 0 aliphatic carbocycles. The van der Waals surface area contributed by atoms with Crippen LogP contribution in [0.4, 0.5) is 4.79 Å². The van der Waals surface area contributed by atoms with Gasteiger partial charge in [0.15, 0.2) is 0 Å². The first-order valence-corrected chi connectivity index (χ1v) is 6.67. The monoisotopic (exact) mass is 289 g/mol. The van der Waals surface area contributed by atoms with Gasteiger partial charge in [0, 0.05) is 24.2 Å². The van der Waals surface area contributed by atoms with Gasteiger partial charge in [-0.15, -0.1) is 0 Å². The Hall–Kier alpha value is -2.50. The maximum atomic E-state index is 11.8. The summed E-state index contributed by atoms with van der Waals surface area (Å²) >= 11 is 0. The second-order valence-corrected chi connectivity index (χ2v) is 4.65. The number of benzene rings is 1. The van der Waals surface area contributed by atoms with Crippen LogP contribution in [0.1, 0.15) is 22.6 Å². The van der Waals surface area contributed by atoms with Gasteiger partial charge in [-0.25, -0.2) is 4.79 Å². The molecule has 1 aromatic carbocycles. The van der Waals surface area contributed by atoms with Crippen molar-refractivity contribution in [3.05, 3.63) is 46.8 Å². The van der Waals surface area contributed by atoms with Gasteiger partial charge in [-0.3, -0.25) is 0 Å². The number of carbonyl (C=O) groups is 1. The molecule has 2 aromatic rings. The second kappa shape index (κ2) is 6.78. The van der Waals surface area contributed by atoms with Crippen LogP contribution in [0.25, 0.3) is 0 Å². The van der Waals surface area contributed by atoms with Crippen molar-refractivity contribution in [1.29, 1.82) is 0 Å². The number of ether oxygens (including phenoxy) is 1. The first-order chi connectivity index (χ1) is 10.1. The molecule has 0 unspecified atom stereocenters. The van der Waals surface area contributed by atoms with E-state index in [1.165, 1.54) is 0 Å². The summed E-state index contributed by atoms with van der Waals surface area (Å²) in [4.78, 5) is 11.8. The Bertz CT molecular complexity index is 603. The van der Waals surface area contributed by atoms with Crippen molar-refractivity contribution in [2.45, 2.75) is 26.9 Å². The highest BCUT2D eigenvalue weighted by Crippen LogP contribution is 2.16. The van der Waals surface area contributed by atoms with Gasteiger partial charge in [0.25, 0.3) is 0 Å². The van der Waals surface area contributed by atoms with Crippen molar-refractivity contribution in [2.24, 2.45) is 0 Å². The third-order valence-electron chi connectivity index (χ3n) is 3.24. The highest BCUT2D eigenvalue weighted by molar-refractivity contribution is 5.74. The minimum absolute atomic E-state index is 0.249. The third kappa shape index (κ3) is 3.75. The topological polar surface area (TPSA) is 76.4 Å². The zero-order valence-electron chi connectivity index (χ0n) is 12.4. The van der Waals surface area contributed by atoms with E-state index < -0.39 is 0 Å². The molecule has 1 heterocycles. The Labute approximate surface area is 123 Å². The molecule has 21 heavy (non-hydrogen) atoms. The molecule has 0 bridgehead atoms. The molecule has 0 saturated heterocycles. The summed E-state index contributed by atoms with van der Waals surface area (Å²) in [6, 6.07) is 7.31. The normalized spacial score (nSPS) is 10.2. The average molecular weight is 289 g/mol. The van der Waals surface area contributed by atoms with Crippen molar-refractivity contribution in [3.8, 4) is 5.75 Å². The zero-order valence-corrected chi connectivity index (χ0v) is 12.4. The number of amides is 2. The van der Waals surface area contributed by atoms with Gasteiger partial charge in [0.05, 0.1) is 12.8 Å². The number of para-hydroxylation sites is 1. The first-order valence-electron chi connectivity index (χ1n) is 6.67. The van der Waals surface area contributed by atoms with Crippen LogP contribution in [0.3, 0.4) is 0 Å². The Balaban J connectivity index is 1.85. The fraction of sp³-hybridized carbons (Fsp3) is 0.333. The molecule has 0 fully saturated rings. The lowest BCUT2D eigenvalue weighted by Crippen LogP contribution is -2.34. The smallest absolute Gasteiger partial charge is 0.315 e. The molecule has 112 valence electrons. The molecule has 6 heteroatoms. The molecule has 0 radical (unpaired) electrons. The lowest BCUT2D eigenvalue weighted by molar-refractivity contribution is 0.240. The SMILES string of the molecule is COc1ccccc1CNC(=O)NCc1c(C)noc1C. The second-order valence-electron chi connectivity index (χ2n) is 4.65. The van der Waals surface area contributed by atoms with Crippen LogP contribution in [0.15, 0.2) is 28.8 Å². The standard InChI is InChI=1S/C15H19N3O3/c1-10-13(11(2)21-18-10)9-17-15(19)16-8-12-6-4-5-7-14(12)20-3/h4-7H,8-9H2,1-3H3,(H2,16,17,19). The summed E-state index contributed by atoms with van der Waals surface area (Å²) in [5.41, 5.74) is 2.62. The molecule has 0 atom stereocenters. The molecule has 0 saturated carbocycles. The van der Waals surface area contributed by atoms with Crippen LogP contribution in [0.5, 0.6) is 5.75 Å².